The van der Waals surface area contributed by atoms with E-state index in [1.807, 2.05) is 0 Å². The normalized spacial score (nSPS) is 12.1. The lowest BCUT2D eigenvalue weighted by molar-refractivity contribution is -0.143. The van der Waals surface area contributed by atoms with Gasteiger partial charge in [0.2, 0.25) is 0 Å². The van der Waals surface area contributed by atoms with Gasteiger partial charge in [-0.2, -0.15) is 0 Å². The Morgan fingerprint density at radius 1 is 1.12 bits per heavy atom. The number of sulfone groups is 2. The molecule has 0 aliphatic rings. The number of hydrogen-bond donors (Lipinski definition) is 0. The third-order valence-corrected chi connectivity index (χ3v) is 4.66. The maximum absolute atomic E-state index is 11.3. The Bertz CT molecular complexity index is 460. The number of rotatable bonds is 7. The Hall–Kier alpha value is -1.15. The molecule has 0 aliphatic heterocycles. The maximum atomic E-state index is 11.3. The summed E-state index contributed by atoms with van der Waals surface area (Å²) < 4.78 is 49.4. The van der Waals surface area contributed by atoms with Gasteiger partial charge in [0, 0.05) is 10.8 Å². The zero-order valence-corrected chi connectivity index (χ0v) is 11.0. The molecule has 0 N–H and O–H groups in total. The largest absolute Gasteiger partial charge is 0.469 e. The SMILES string of the molecule is C=CS(=O)(=O)CC(CS(=O)(=O)C=C)C(=O)OC. The van der Waals surface area contributed by atoms with Crippen molar-refractivity contribution in [1.82, 2.24) is 0 Å². The lowest BCUT2D eigenvalue weighted by Crippen LogP contribution is -2.30. The van der Waals surface area contributed by atoms with Gasteiger partial charge in [0.25, 0.3) is 0 Å². The first kappa shape index (κ1) is 15.9. The van der Waals surface area contributed by atoms with Crippen molar-refractivity contribution in [1.29, 1.82) is 0 Å². The molecule has 0 aliphatic carbocycles. The number of ether oxygens (including phenoxy) is 1. The van der Waals surface area contributed by atoms with Crippen LogP contribution >= 0.6 is 0 Å². The third-order valence-electron chi connectivity index (χ3n) is 1.91. The summed E-state index contributed by atoms with van der Waals surface area (Å²) in [6.07, 6.45) is 0. The Morgan fingerprint density at radius 3 is 1.71 bits per heavy atom. The molecule has 0 heterocycles. The molecule has 0 aromatic rings. The molecule has 8 heteroatoms. The van der Waals surface area contributed by atoms with Crippen molar-refractivity contribution < 1.29 is 26.4 Å². The molecule has 0 saturated carbocycles. The van der Waals surface area contributed by atoms with Gasteiger partial charge in [-0.3, -0.25) is 4.79 Å². The average molecular weight is 282 g/mol. The van der Waals surface area contributed by atoms with Gasteiger partial charge >= 0.3 is 5.97 Å². The standard InChI is InChI=1S/C9H14O6S2/c1-4-16(11,12)6-8(9(10)15-3)7-17(13,14)5-2/h4-5,8H,1-2,6-7H2,3H3. The van der Waals surface area contributed by atoms with Crippen molar-refractivity contribution in [2.24, 2.45) is 5.92 Å². The van der Waals surface area contributed by atoms with Gasteiger partial charge in [-0.15, -0.1) is 0 Å². The van der Waals surface area contributed by atoms with Crippen LogP contribution in [0.15, 0.2) is 24.0 Å². The van der Waals surface area contributed by atoms with Crippen LogP contribution in [-0.2, 0) is 29.2 Å². The Labute approximate surface area is 101 Å². The molecule has 0 amide bonds. The molecule has 17 heavy (non-hydrogen) atoms. The Morgan fingerprint density at radius 2 is 1.47 bits per heavy atom. The van der Waals surface area contributed by atoms with E-state index in [1.165, 1.54) is 0 Å². The molecule has 0 atom stereocenters. The highest BCUT2D eigenvalue weighted by Gasteiger charge is 2.29. The van der Waals surface area contributed by atoms with Crippen LogP contribution in [-0.4, -0.2) is 41.4 Å². The zero-order chi connectivity index (χ0) is 13.7. The minimum absolute atomic E-state index is 0.657. The molecule has 0 rings (SSSR count). The highest BCUT2D eigenvalue weighted by molar-refractivity contribution is 7.95. The van der Waals surface area contributed by atoms with Crippen LogP contribution in [0.25, 0.3) is 0 Å². The van der Waals surface area contributed by atoms with E-state index in [2.05, 4.69) is 17.9 Å². The second kappa shape index (κ2) is 5.97. The third kappa shape index (κ3) is 5.64. The predicted octanol–water partition coefficient (Wildman–Crippen LogP) is -0.108. The minimum atomic E-state index is -3.69. The molecule has 0 spiro atoms. The molecular weight excluding hydrogens is 268 g/mol. The van der Waals surface area contributed by atoms with E-state index in [0.717, 1.165) is 7.11 Å². The van der Waals surface area contributed by atoms with Crippen molar-refractivity contribution in [2.75, 3.05) is 18.6 Å². The summed E-state index contributed by atoms with van der Waals surface area (Å²) in [5, 5.41) is 1.34. The van der Waals surface area contributed by atoms with Crippen molar-refractivity contribution in [3.05, 3.63) is 24.0 Å². The summed E-state index contributed by atoms with van der Waals surface area (Å²) in [4.78, 5) is 11.3. The number of methoxy groups -OCH3 is 1. The van der Waals surface area contributed by atoms with E-state index in [0.29, 0.717) is 10.8 Å². The van der Waals surface area contributed by atoms with Crippen LogP contribution in [0.2, 0.25) is 0 Å². The lowest BCUT2D eigenvalue weighted by atomic mass is 10.2. The molecule has 0 saturated heterocycles. The van der Waals surface area contributed by atoms with Crippen LogP contribution < -0.4 is 0 Å². The van der Waals surface area contributed by atoms with Crippen molar-refractivity contribution in [3.8, 4) is 0 Å². The van der Waals surface area contributed by atoms with Crippen molar-refractivity contribution in [3.63, 3.8) is 0 Å². The molecular formula is C9H14O6S2. The van der Waals surface area contributed by atoms with Crippen LogP contribution in [0.4, 0.5) is 0 Å². The first-order valence-electron chi connectivity index (χ1n) is 4.45. The average Bonchev–Trinajstić information content (AvgIpc) is 2.26. The highest BCUT2D eigenvalue weighted by Crippen LogP contribution is 2.10. The van der Waals surface area contributed by atoms with Crippen LogP contribution in [0.1, 0.15) is 0 Å². The number of esters is 1. The molecule has 98 valence electrons. The smallest absolute Gasteiger partial charge is 0.310 e. The molecule has 0 radical (unpaired) electrons. The Kier molecular flexibility index (Phi) is 5.56. The minimum Gasteiger partial charge on any atom is -0.469 e. The van der Waals surface area contributed by atoms with Crippen LogP contribution in [0, 0.1) is 5.92 Å². The molecule has 0 aromatic heterocycles. The second-order valence-corrected chi connectivity index (χ2v) is 7.20. The van der Waals surface area contributed by atoms with Crippen molar-refractivity contribution >= 4 is 25.6 Å². The van der Waals surface area contributed by atoms with E-state index in [1.54, 1.807) is 0 Å². The molecule has 6 nitrogen and oxygen atoms in total. The summed E-state index contributed by atoms with van der Waals surface area (Å²) in [7, 11) is -6.33. The number of carbonyl (C=O) groups is 1. The van der Waals surface area contributed by atoms with Gasteiger partial charge in [0.15, 0.2) is 19.7 Å². The summed E-state index contributed by atoms with van der Waals surface area (Å²) >= 11 is 0. The van der Waals surface area contributed by atoms with Gasteiger partial charge in [-0.25, -0.2) is 16.8 Å². The van der Waals surface area contributed by atoms with E-state index in [4.69, 9.17) is 0 Å². The predicted molar refractivity (Wildman–Crippen MR) is 63.5 cm³/mol. The van der Waals surface area contributed by atoms with Crippen LogP contribution in [0.3, 0.4) is 0 Å². The zero-order valence-electron chi connectivity index (χ0n) is 9.33. The molecule has 0 fully saturated rings. The summed E-state index contributed by atoms with van der Waals surface area (Å²) in [5.74, 6) is -3.50. The van der Waals surface area contributed by atoms with Gasteiger partial charge in [-0.1, -0.05) is 13.2 Å². The topological polar surface area (TPSA) is 94.6 Å². The number of carbonyl (C=O) groups excluding carboxylic acids is 1. The fraction of sp³-hybridized carbons (Fsp3) is 0.444. The molecule has 0 aromatic carbocycles. The molecule has 0 unspecified atom stereocenters. The first-order chi connectivity index (χ1) is 7.67. The van der Waals surface area contributed by atoms with Crippen molar-refractivity contribution in [2.45, 2.75) is 0 Å². The van der Waals surface area contributed by atoms with Crippen LogP contribution in [0.5, 0.6) is 0 Å². The quantitative estimate of drug-likeness (QED) is 0.605. The van der Waals surface area contributed by atoms with E-state index < -0.39 is 43.1 Å². The maximum Gasteiger partial charge on any atom is 0.310 e. The Balaban J connectivity index is 5.11. The fourth-order valence-electron chi connectivity index (χ4n) is 1.05. The van der Waals surface area contributed by atoms with Gasteiger partial charge in [-0.05, 0) is 0 Å². The second-order valence-electron chi connectivity index (χ2n) is 3.21. The fourth-order valence-corrected chi connectivity index (χ4v) is 3.10. The van der Waals surface area contributed by atoms with E-state index in [9.17, 15) is 21.6 Å². The lowest BCUT2D eigenvalue weighted by Gasteiger charge is -2.12. The highest BCUT2D eigenvalue weighted by atomic mass is 32.2. The monoisotopic (exact) mass is 282 g/mol. The summed E-state index contributed by atoms with van der Waals surface area (Å²) in [5.41, 5.74) is 0. The molecule has 0 bridgehead atoms. The summed E-state index contributed by atoms with van der Waals surface area (Å²) in [6.45, 7) is 6.16. The van der Waals surface area contributed by atoms with E-state index in [-0.39, 0.29) is 0 Å². The first-order valence-corrected chi connectivity index (χ1v) is 7.88. The van der Waals surface area contributed by atoms with E-state index >= 15 is 0 Å². The number of hydrogen-bond acceptors (Lipinski definition) is 6. The van der Waals surface area contributed by atoms with Gasteiger partial charge in [0.05, 0.1) is 24.5 Å². The summed E-state index contributed by atoms with van der Waals surface area (Å²) in [6, 6.07) is 0. The van der Waals surface area contributed by atoms with Gasteiger partial charge in [0.1, 0.15) is 0 Å². The van der Waals surface area contributed by atoms with Gasteiger partial charge < -0.3 is 4.74 Å².